The summed E-state index contributed by atoms with van der Waals surface area (Å²) in [6, 6.07) is 10.3. The Hall–Kier alpha value is -3.10. The van der Waals surface area contributed by atoms with Gasteiger partial charge < -0.3 is 15.2 Å². The van der Waals surface area contributed by atoms with E-state index < -0.39 is 6.04 Å². The van der Waals surface area contributed by atoms with E-state index >= 15 is 0 Å². The highest BCUT2D eigenvalue weighted by Crippen LogP contribution is 2.24. The molecule has 0 spiro atoms. The molecule has 2 amide bonds. The maximum absolute atomic E-state index is 12.6. The zero-order valence-electron chi connectivity index (χ0n) is 19.7. The molecule has 1 heterocycles. The summed E-state index contributed by atoms with van der Waals surface area (Å²) < 4.78 is 1.85. The van der Waals surface area contributed by atoms with Gasteiger partial charge in [0.15, 0.2) is 11.0 Å². The molecule has 34 heavy (non-hydrogen) atoms. The molecule has 178 valence electrons. The lowest BCUT2D eigenvalue weighted by Crippen LogP contribution is -2.28. The van der Waals surface area contributed by atoms with Crippen molar-refractivity contribution in [3.8, 4) is 0 Å². The molecule has 3 aromatic rings. The summed E-state index contributed by atoms with van der Waals surface area (Å²) in [6.07, 6.45) is 1.73. The zero-order valence-corrected chi connectivity index (χ0v) is 21.3. The summed E-state index contributed by atoms with van der Waals surface area (Å²) in [5.41, 5.74) is 4.54. The molecule has 9 heteroatoms. The van der Waals surface area contributed by atoms with Crippen LogP contribution in [0.3, 0.4) is 0 Å². The fourth-order valence-electron chi connectivity index (χ4n) is 3.66. The highest BCUT2D eigenvalue weighted by atomic mass is 35.5. The predicted molar refractivity (Wildman–Crippen MR) is 138 cm³/mol. The number of halogens is 1. The lowest BCUT2D eigenvalue weighted by Gasteiger charge is -2.15. The number of nitrogens with zero attached hydrogens (tertiary/aromatic N) is 3. The summed E-state index contributed by atoms with van der Waals surface area (Å²) >= 11 is 7.19. The Labute approximate surface area is 209 Å². The lowest BCUT2D eigenvalue weighted by atomic mass is 10.1. The molecule has 0 radical (unpaired) electrons. The van der Waals surface area contributed by atoms with Gasteiger partial charge in [-0.2, -0.15) is 0 Å². The minimum absolute atomic E-state index is 0.126. The largest absolute Gasteiger partial charge is 0.342 e. The topological polar surface area (TPSA) is 88.9 Å². The van der Waals surface area contributed by atoms with Crippen LogP contribution >= 0.6 is 23.4 Å². The molecule has 0 aliphatic rings. The molecule has 0 saturated carbocycles. The first-order chi connectivity index (χ1) is 16.2. The van der Waals surface area contributed by atoms with E-state index in [0.29, 0.717) is 28.1 Å². The summed E-state index contributed by atoms with van der Waals surface area (Å²) in [5, 5.41) is 15.6. The molecule has 0 aliphatic carbocycles. The summed E-state index contributed by atoms with van der Waals surface area (Å²) in [7, 11) is 0. The fourth-order valence-corrected chi connectivity index (χ4v) is 4.54. The number of amides is 2. The number of benzene rings is 2. The van der Waals surface area contributed by atoms with Crippen molar-refractivity contribution < 1.29 is 9.59 Å². The smallest absolute Gasteiger partial charge is 0.251 e. The van der Waals surface area contributed by atoms with Gasteiger partial charge in [0.2, 0.25) is 5.91 Å². The third-order valence-corrected chi connectivity index (χ3v) is 6.39. The third kappa shape index (κ3) is 6.27. The van der Waals surface area contributed by atoms with Crippen molar-refractivity contribution in [3.05, 3.63) is 82.2 Å². The molecule has 0 fully saturated rings. The molecule has 0 unspecified atom stereocenters. The molecular formula is C25H28ClN5O2S. The van der Waals surface area contributed by atoms with E-state index in [1.165, 1.54) is 11.8 Å². The van der Waals surface area contributed by atoms with Gasteiger partial charge in [0.25, 0.3) is 5.91 Å². The molecule has 2 N–H and O–H groups in total. The first-order valence-electron chi connectivity index (χ1n) is 10.8. The minimum atomic E-state index is -0.406. The van der Waals surface area contributed by atoms with Gasteiger partial charge in [-0.05, 0) is 63.1 Å². The van der Waals surface area contributed by atoms with Crippen LogP contribution < -0.4 is 10.6 Å². The van der Waals surface area contributed by atoms with E-state index in [0.717, 1.165) is 22.4 Å². The third-order valence-electron chi connectivity index (χ3n) is 5.17. The summed E-state index contributed by atoms with van der Waals surface area (Å²) in [5.74, 6) is 0.386. The molecule has 1 atom stereocenters. The van der Waals surface area contributed by atoms with Crippen molar-refractivity contribution in [2.45, 2.75) is 45.4 Å². The lowest BCUT2D eigenvalue weighted by molar-refractivity contribution is -0.113. The van der Waals surface area contributed by atoms with Gasteiger partial charge in [0, 0.05) is 22.8 Å². The fraction of sp³-hybridized carbons (Fsp3) is 0.280. The van der Waals surface area contributed by atoms with Gasteiger partial charge >= 0.3 is 0 Å². The number of nitrogens with one attached hydrogen (secondary N) is 2. The van der Waals surface area contributed by atoms with Crippen molar-refractivity contribution in [3.63, 3.8) is 0 Å². The number of anilines is 1. The zero-order chi connectivity index (χ0) is 24.8. The Kier molecular flexibility index (Phi) is 8.52. The number of allylic oxidation sites excluding steroid dienone is 1. The molecule has 1 aromatic heterocycles. The predicted octanol–water partition coefficient (Wildman–Crippen LogP) is 5.26. The van der Waals surface area contributed by atoms with Crippen molar-refractivity contribution >= 4 is 40.9 Å². The van der Waals surface area contributed by atoms with Crippen molar-refractivity contribution in [2.24, 2.45) is 0 Å². The quantitative estimate of drug-likeness (QED) is 0.311. The normalized spacial score (nSPS) is 11.7. The second-order valence-corrected chi connectivity index (χ2v) is 9.43. The summed E-state index contributed by atoms with van der Waals surface area (Å²) in [4.78, 5) is 25.2. The number of hydrogen-bond donors (Lipinski definition) is 2. The van der Waals surface area contributed by atoms with E-state index in [2.05, 4.69) is 27.4 Å². The first kappa shape index (κ1) is 25.5. The van der Waals surface area contributed by atoms with Gasteiger partial charge in [-0.3, -0.25) is 9.59 Å². The number of thioether (sulfide) groups is 1. The molecule has 7 nitrogen and oxygen atoms in total. The molecule has 0 bridgehead atoms. The Morgan fingerprint density at radius 3 is 2.41 bits per heavy atom. The van der Waals surface area contributed by atoms with Gasteiger partial charge in [-0.25, -0.2) is 0 Å². The Balaban J connectivity index is 1.68. The van der Waals surface area contributed by atoms with Crippen LogP contribution in [0.5, 0.6) is 0 Å². The number of aryl methyl sites for hydroxylation is 3. The molecule has 3 rings (SSSR count). The van der Waals surface area contributed by atoms with E-state index in [4.69, 9.17) is 11.6 Å². The number of rotatable bonds is 9. The van der Waals surface area contributed by atoms with Crippen LogP contribution in [0.1, 0.15) is 45.8 Å². The first-order valence-corrected chi connectivity index (χ1v) is 12.2. The Bertz CT molecular complexity index is 1180. The second kappa shape index (κ2) is 11.4. The SMILES string of the molecule is C=CCn1c(SCC(=O)Nc2c(C)cc(C)cc2C)nnc1[C@@H](C)NC(=O)c1ccc(Cl)cc1. The van der Waals surface area contributed by atoms with Crippen molar-refractivity contribution in [2.75, 3.05) is 11.1 Å². The maximum atomic E-state index is 12.6. The van der Waals surface area contributed by atoms with Crippen LogP contribution in [0.15, 0.2) is 54.2 Å². The monoisotopic (exact) mass is 497 g/mol. The molecule has 0 saturated heterocycles. The second-order valence-electron chi connectivity index (χ2n) is 8.05. The number of carbonyl (C=O) groups excluding carboxylic acids is 2. The van der Waals surface area contributed by atoms with Gasteiger partial charge in [-0.1, -0.05) is 47.1 Å². The van der Waals surface area contributed by atoms with Gasteiger partial charge in [0.05, 0.1) is 11.8 Å². The Morgan fingerprint density at radius 2 is 1.79 bits per heavy atom. The van der Waals surface area contributed by atoms with Gasteiger partial charge in [-0.15, -0.1) is 16.8 Å². The van der Waals surface area contributed by atoms with Crippen LogP contribution in [0.2, 0.25) is 5.02 Å². The maximum Gasteiger partial charge on any atom is 0.251 e. The van der Waals surface area contributed by atoms with Crippen molar-refractivity contribution in [1.82, 2.24) is 20.1 Å². The standard InChI is InChI=1S/C25H28ClN5O2S/c1-6-11-31-23(18(5)27-24(33)19-7-9-20(26)10-8-19)29-30-25(31)34-14-21(32)28-22-16(3)12-15(2)13-17(22)4/h6-10,12-13,18H,1,11,14H2,2-5H3,(H,27,33)(H,28,32)/t18-/m1/s1. The number of hydrogen-bond acceptors (Lipinski definition) is 5. The van der Waals surface area contributed by atoms with E-state index in [1.807, 2.05) is 44.4 Å². The van der Waals surface area contributed by atoms with E-state index in [-0.39, 0.29) is 17.6 Å². The molecule has 2 aromatic carbocycles. The van der Waals surface area contributed by atoms with Crippen LogP contribution in [0, 0.1) is 20.8 Å². The average Bonchev–Trinajstić information content (AvgIpc) is 3.18. The van der Waals surface area contributed by atoms with Crippen molar-refractivity contribution in [1.29, 1.82) is 0 Å². The van der Waals surface area contributed by atoms with Crippen LogP contribution in [-0.4, -0.2) is 32.3 Å². The highest BCUT2D eigenvalue weighted by molar-refractivity contribution is 7.99. The highest BCUT2D eigenvalue weighted by Gasteiger charge is 2.20. The van der Waals surface area contributed by atoms with Crippen LogP contribution in [0.4, 0.5) is 5.69 Å². The average molecular weight is 498 g/mol. The molecule has 0 aliphatic heterocycles. The number of aromatic nitrogens is 3. The van der Waals surface area contributed by atoms with E-state index in [1.54, 1.807) is 30.3 Å². The van der Waals surface area contributed by atoms with Crippen LogP contribution in [0.25, 0.3) is 0 Å². The number of carbonyl (C=O) groups is 2. The van der Waals surface area contributed by atoms with Gasteiger partial charge in [0.1, 0.15) is 0 Å². The minimum Gasteiger partial charge on any atom is -0.342 e. The van der Waals surface area contributed by atoms with E-state index in [9.17, 15) is 9.59 Å². The van der Waals surface area contributed by atoms with Crippen LogP contribution in [-0.2, 0) is 11.3 Å². The summed E-state index contributed by atoms with van der Waals surface area (Å²) in [6.45, 7) is 12.1. The molecular weight excluding hydrogens is 470 g/mol. The Morgan fingerprint density at radius 1 is 1.15 bits per heavy atom.